The van der Waals surface area contributed by atoms with Crippen LogP contribution in [0.15, 0.2) is 53.4 Å². The third kappa shape index (κ3) is 7.93. The molecule has 2 N–H and O–H groups in total. The molecule has 0 bridgehead atoms. The molecule has 7 nitrogen and oxygen atoms in total. The van der Waals surface area contributed by atoms with Crippen LogP contribution >= 0.6 is 0 Å². The molecule has 0 heterocycles. The maximum Gasteiger partial charge on any atom is 0.387 e. The Morgan fingerprint density at radius 1 is 1.12 bits per heavy atom. The molecule has 0 unspecified atom stereocenters. The van der Waals surface area contributed by atoms with Gasteiger partial charge in [0.1, 0.15) is 0 Å². The zero-order valence-corrected chi connectivity index (χ0v) is 18.8. The van der Waals surface area contributed by atoms with Gasteiger partial charge in [0.25, 0.3) is 0 Å². The van der Waals surface area contributed by atoms with Crippen LogP contribution < -0.4 is 19.5 Å². The Morgan fingerprint density at radius 3 is 2.53 bits per heavy atom. The van der Waals surface area contributed by atoms with Crippen LogP contribution in [0.25, 0.3) is 6.08 Å². The van der Waals surface area contributed by atoms with Crippen LogP contribution in [0.5, 0.6) is 11.5 Å². The van der Waals surface area contributed by atoms with Gasteiger partial charge in [-0.25, -0.2) is 13.1 Å². The third-order valence-corrected chi connectivity index (χ3v) is 5.63. The Labute approximate surface area is 186 Å². The number of benzene rings is 2. The van der Waals surface area contributed by atoms with E-state index in [0.29, 0.717) is 11.1 Å². The van der Waals surface area contributed by atoms with Gasteiger partial charge in [-0.15, -0.1) is 0 Å². The molecule has 2 aromatic rings. The highest BCUT2D eigenvalue weighted by Crippen LogP contribution is 2.30. The molecule has 0 aliphatic heterocycles. The molecule has 2 rings (SSSR count). The molecule has 0 saturated carbocycles. The Balaban J connectivity index is 2.03. The molecule has 2 aromatic carbocycles. The second-order valence-electron chi connectivity index (χ2n) is 6.99. The Bertz CT molecular complexity index is 1060. The van der Waals surface area contributed by atoms with E-state index in [4.69, 9.17) is 4.74 Å². The summed E-state index contributed by atoms with van der Waals surface area (Å²) in [6.07, 6.45) is 2.77. The summed E-state index contributed by atoms with van der Waals surface area (Å²) < 4.78 is 61.8. The van der Waals surface area contributed by atoms with E-state index < -0.39 is 22.5 Å². The second-order valence-corrected chi connectivity index (χ2v) is 8.71. The van der Waals surface area contributed by atoms with E-state index in [1.54, 1.807) is 32.9 Å². The fourth-order valence-corrected chi connectivity index (χ4v) is 4.03. The average molecular weight is 469 g/mol. The number of hydrogen-bond donors (Lipinski definition) is 2. The van der Waals surface area contributed by atoms with Crippen molar-refractivity contribution in [3.05, 3.63) is 59.7 Å². The Kier molecular flexibility index (Phi) is 9.15. The Morgan fingerprint density at radius 2 is 1.88 bits per heavy atom. The molecule has 174 valence electrons. The summed E-state index contributed by atoms with van der Waals surface area (Å²) in [4.78, 5) is 12.3. The van der Waals surface area contributed by atoms with Crippen molar-refractivity contribution in [2.45, 2.75) is 44.9 Å². The van der Waals surface area contributed by atoms with Crippen molar-refractivity contribution in [3.63, 3.8) is 0 Å². The first kappa shape index (κ1) is 25.3. The first-order valence-corrected chi connectivity index (χ1v) is 11.4. The van der Waals surface area contributed by atoms with Gasteiger partial charge in [0.05, 0.1) is 11.5 Å². The van der Waals surface area contributed by atoms with Crippen LogP contribution in [-0.4, -0.2) is 33.6 Å². The molecule has 1 amide bonds. The van der Waals surface area contributed by atoms with E-state index in [1.165, 1.54) is 42.5 Å². The van der Waals surface area contributed by atoms with Crippen LogP contribution in [0, 0.1) is 0 Å². The number of amides is 1. The standard InChI is InChI=1S/C22H26F2N2O5S/c1-4-30-20-13-16(8-10-19(20)31-22(23)24)9-11-21(27)25-14-17-6-5-7-18(12-17)32(28,29)26-15(2)3/h5-13,15,22,26H,4,14H2,1-3H3,(H,25,27)/b11-9+. The van der Waals surface area contributed by atoms with Gasteiger partial charge in [0, 0.05) is 18.7 Å². The van der Waals surface area contributed by atoms with Crippen molar-refractivity contribution in [2.24, 2.45) is 0 Å². The van der Waals surface area contributed by atoms with Crippen molar-refractivity contribution in [2.75, 3.05) is 6.61 Å². The third-order valence-electron chi connectivity index (χ3n) is 3.98. The number of alkyl halides is 2. The number of carbonyl (C=O) groups is 1. The van der Waals surface area contributed by atoms with E-state index >= 15 is 0 Å². The van der Waals surface area contributed by atoms with Crippen LogP contribution in [0.1, 0.15) is 31.9 Å². The molecule has 10 heteroatoms. The number of hydrogen-bond acceptors (Lipinski definition) is 5. The smallest absolute Gasteiger partial charge is 0.387 e. The fraction of sp³-hybridized carbons (Fsp3) is 0.318. The molecule has 0 saturated heterocycles. The van der Waals surface area contributed by atoms with Crippen LogP contribution in [0.2, 0.25) is 0 Å². The molecule has 0 aromatic heterocycles. The van der Waals surface area contributed by atoms with E-state index in [-0.39, 0.29) is 35.6 Å². The number of rotatable bonds is 11. The first-order valence-electron chi connectivity index (χ1n) is 9.89. The monoisotopic (exact) mass is 468 g/mol. The van der Waals surface area contributed by atoms with Crippen LogP contribution in [0.4, 0.5) is 8.78 Å². The topological polar surface area (TPSA) is 93.7 Å². The zero-order valence-electron chi connectivity index (χ0n) is 18.0. The summed E-state index contributed by atoms with van der Waals surface area (Å²) in [5.41, 5.74) is 1.17. The predicted octanol–water partition coefficient (Wildman–Crippen LogP) is 3.70. The van der Waals surface area contributed by atoms with Crippen molar-refractivity contribution >= 4 is 22.0 Å². The summed E-state index contributed by atoms with van der Waals surface area (Å²) in [7, 11) is -3.63. The summed E-state index contributed by atoms with van der Waals surface area (Å²) in [5.74, 6) is -0.363. The number of nitrogens with one attached hydrogen (secondary N) is 2. The van der Waals surface area contributed by atoms with Gasteiger partial charge >= 0.3 is 6.61 Å². The molecule has 32 heavy (non-hydrogen) atoms. The maximum atomic E-state index is 12.5. The van der Waals surface area contributed by atoms with Gasteiger partial charge in [-0.05, 0) is 62.2 Å². The Hall–Kier alpha value is -2.98. The minimum atomic E-state index is -3.63. The fourth-order valence-electron chi connectivity index (χ4n) is 2.71. The molecule has 0 atom stereocenters. The highest BCUT2D eigenvalue weighted by Gasteiger charge is 2.15. The molecular weight excluding hydrogens is 442 g/mol. The van der Waals surface area contributed by atoms with Gasteiger partial charge in [-0.3, -0.25) is 4.79 Å². The van der Waals surface area contributed by atoms with Crippen molar-refractivity contribution in [3.8, 4) is 11.5 Å². The van der Waals surface area contributed by atoms with Crippen LogP contribution in [0.3, 0.4) is 0 Å². The lowest BCUT2D eigenvalue weighted by Gasteiger charge is -2.11. The lowest BCUT2D eigenvalue weighted by atomic mass is 10.2. The van der Waals surface area contributed by atoms with Crippen molar-refractivity contribution < 1.29 is 31.5 Å². The SMILES string of the molecule is CCOc1cc(/C=C/C(=O)NCc2cccc(S(=O)(=O)NC(C)C)c2)ccc1OC(F)F. The highest BCUT2D eigenvalue weighted by molar-refractivity contribution is 7.89. The quantitative estimate of drug-likeness (QED) is 0.491. The normalized spacial score (nSPS) is 11.8. The lowest BCUT2D eigenvalue weighted by Crippen LogP contribution is -2.30. The molecule has 0 fully saturated rings. The maximum absolute atomic E-state index is 12.5. The zero-order chi connectivity index (χ0) is 23.7. The lowest BCUT2D eigenvalue weighted by molar-refractivity contribution is -0.116. The van der Waals surface area contributed by atoms with E-state index in [9.17, 15) is 22.0 Å². The highest BCUT2D eigenvalue weighted by atomic mass is 32.2. The van der Waals surface area contributed by atoms with Crippen molar-refractivity contribution in [1.29, 1.82) is 0 Å². The van der Waals surface area contributed by atoms with Gasteiger partial charge in [-0.2, -0.15) is 8.78 Å². The van der Waals surface area contributed by atoms with E-state index in [0.717, 1.165) is 0 Å². The summed E-state index contributed by atoms with van der Waals surface area (Å²) in [6, 6.07) is 10.4. The van der Waals surface area contributed by atoms with Gasteiger partial charge < -0.3 is 14.8 Å². The number of carbonyl (C=O) groups excluding carboxylic acids is 1. The second kappa shape index (κ2) is 11.6. The van der Waals surface area contributed by atoms with Gasteiger partial charge in [0.15, 0.2) is 11.5 Å². The van der Waals surface area contributed by atoms with Crippen LogP contribution in [-0.2, 0) is 21.4 Å². The van der Waals surface area contributed by atoms with E-state index in [1.807, 2.05) is 0 Å². The van der Waals surface area contributed by atoms with Gasteiger partial charge in [0.2, 0.25) is 15.9 Å². The number of halogens is 2. The minimum absolute atomic E-state index is 0.0924. The number of sulfonamides is 1. The molecule has 0 spiro atoms. The summed E-state index contributed by atoms with van der Waals surface area (Å²) in [5, 5.41) is 2.67. The average Bonchev–Trinajstić information content (AvgIpc) is 2.71. The summed E-state index contributed by atoms with van der Waals surface area (Å²) >= 11 is 0. The molecule has 0 aliphatic carbocycles. The molecular formula is C22H26F2N2O5S. The van der Waals surface area contributed by atoms with Gasteiger partial charge in [-0.1, -0.05) is 18.2 Å². The number of ether oxygens (including phenoxy) is 2. The predicted molar refractivity (Wildman–Crippen MR) is 117 cm³/mol. The minimum Gasteiger partial charge on any atom is -0.490 e. The van der Waals surface area contributed by atoms with Crippen molar-refractivity contribution in [1.82, 2.24) is 10.0 Å². The largest absolute Gasteiger partial charge is 0.490 e. The van der Waals surface area contributed by atoms with E-state index in [2.05, 4.69) is 14.8 Å². The molecule has 0 aliphatic rings. The summed E-state index contributed by atoms with van der Waals surface area (Å²) in [6.45, 7) is 2.57. The molecule has 0 radical (unpaired) electrons. The first-order chi connectivity index (χ1) is 15.1.